The van der Waals surface area contributed by atoms with Gasteiger partial charge in [-0.1, -0.05) is 30.3 Å². The van der Waals surface area contributed by atoms with E-state index in [1.807, 2.05) is 36.4 Å². The molecule has 0 aromatic heterocycles. The molecule has 106 valence electrons. The number of piperidine rings is 1. The first-order valence-corrected chi connectivity index (χ1v) is 7.38. The fourth-order valence-electron chi connectivity index (χ4n) is 3.39. The molecule has 2 aliphatic heterocycles. The van der Waals surface area contributed by atoms with Gasteiger partial charge in [-0.3, -0.25) is 0 Å². The third kappa shape index (κ3) is 2.93. The van der Waals surface area contributed by atoms with Gasteiger partial charge in [-0.25, -0.2) is 4.79 Å². The molecule has 0 saturated carbocycles. The molecule has 3 atom stereocenters. The molecule has 1 unspecified atom stereocenters. The Labute approximate surface area is 120 Å². The van der Waals surface area contributed by atoms with Crippen LogP contribution in [0.15, 0.2) is 36.4 Å². The third-order valence-corrected chi connectivity index (χ3v) is 4.55. The fraction of sp³-hybridized carbons (Fsp3) is 0.471. The molecule has 0 N–H and O–H groups in total. The van der Waals surface area contributed by atoms with E-state index in [1.165, 1.54) is 18.9 Å². The van der Waals surface area contributed by atoms with E-state index < -0.39 is 0 Å². The average Bonchev–Trinajstić information content (AvgIpc) is 2.68. The van der Waals surface area contributed by atoms with Crippen LogP contribution in [0.4, 0.5) is 0 Å². The molecule has 3 heteroatoms. The SMILES string of the molecule is CN1[C@@H]2CC[C@H]1CC(OC(=O)/C=C\c1ccccc1)C2. The second kappa shape index (κ2) is 5.80. The molecule has 1 aromatic carbocycles. The Morgan fingerprint density at radius 3 is 2.50 bits per heavy atom. The van der Waals surface area contributed by atoms with Crippen molar-refractivity contribution in [2.75, 3.05) is 7.05 Å². The Kier molecular flexibility index (Phi) is 3.88. The summed E-state index contributed by atoms with van der Waals surface area (Å²) >= 11 is 0. The summed E-state index contributed by atoms with van der Waals surface area (Å²) in [5, 5.41) is 0. The quantitative estimate of drug-likeness (QED) is 0.625. The van der Waals surface area contributed by atoms with Gasteiger partial charge in [-0.15, -0.1) is 0 Å². The molecule has 2 aliphatic rings. The van der Waals surface area contributed by atoms with E-state index in [1.54, 1.807) is 0 Å². The summed E-state index contributed by atoms with van der Waals surface area (Å²) in [5.41, 5.74) is 1.02. The van der Waals surface area contributed by atoms with E-state index >= 15 is 0 Å². The van der Waals surface area contributed by atoms with Crippen LogP contribution in [-0.2, 0) is 9.53 Å². The molecule has 20 heavy (non-hydrogen) atoms. The molecule has 2 saturated heterocycles. The van der Waals surface area contributed by atoms with Gasteiger partial charge in [0.05, 0.1) is 0 Å². The van der Waals surface area contributed by atoms with Crippen molar-refractivity contribution in [1.82, 2.24) is 4.90 Å². The van der Waals surface area contributed by atoms with Crippen LogP contribution in [0.1, 0.15) is 31.2 Å². The van der Waals surface area contributed by atoms with E-state index in [2.05, 4.69) is 11.9 Å². The van der Waals surface area contributed by atoms with E-state index in [0.717, 1.165) is 18.4 Å². The normalized spacial score (nSPS) is 29.8. The lowest BCUT2D eigenvalue weighted by Gasteiger charge is -2.35. The molecule has 0 amide bonds. The van der Waals surface area contributed by atoms with Crippen LogP contribution in [0.2, 0.25) is 0 Å². The second-order valence-electron chi connectivity index (χ2n) is 5.82. The van der Waals surface area contributed by atoms with Crippen molar-refractivity contribution >= 4 is 12.0 Å². The molecule has 2 fully saturated rings. The lowest BCUT2D eigenvalue weighted by Crippen LogP contribution is -2.43. The summed E-state index contributed by atoms with van der Waals surface area (Å²) in [5.74, 6) is -0.220. The minimum absolute atomic E-state index is 0.0941. The monoisotopic (exact) mass is 271 g/mol. The van der Waals surface area contributed by atoms with Gasteiger partial charge in [0.15, 0.2) is 0 Å². The summed E-state index contributed by atoms with van der Waals surface area (Å²) < 4.78 is 5.59. The van der Waals surface area contributed by atoms with Gasteiger partial charge in [-0.2, -0.15) is 0 Å². The predicted molar refractivity (Wildman–Crippen MR) is 79.2 cm³/mol. The molecule has 0 spiro atoms. The molecule has 2 heterocycles. The summed E-state index contributed by atoms with van der Waals surface area (Å²) in [7, 11) is 2.19. The Balaban J connectivity index is 1.54. The Morgan fingerprint density at radius 1 is 1.20 bits per heavy atom. The number of hydrogen-bond acceptors (Lipinski definition) is 3. The van der Waals surface area contributed by atoms with Gasteiger partial charge in [0.1, 0.15) is 6.10 Å². The van der Waals surface area contributed by atoms with Gasteiger partial charge >= 0.3 is 5.97 Å². The summed E-state index contributed by atoms with van der Waals surface area (Å²) in [6, 6.07) is 11.0. The number of carbonyl (C=O) groups excluding carboxylic acids is 1. The molecule has 2 bridgehead atoms. The van der Waals surface area contributed by atoms with Crippen LogP contribution in [0.25, 0.3) is 6.08 Å². The number of rotatable bonds is 3. The molecule has 0 aliphatic carbocycles. The van der Waals surface area contributed by atoms with Crippen molar-refractivity contribution in [3.05, 3.63) is 42.0 Å². The summed E-state index contributed by atoms with van der Waals surface area (Å²) in [6.45, 7) is 0. The number of esters is 1. The van der Waals surface area contributed by atoms with Crippen LogP contribution in [0.5, 0.6) is 0 Å². The van der Waals surface area contributed by atoms with Gasteiger partial charge < -0.3 is 9.64 Å². The van der Waals surface area contributed by atoms with E-state index in [-0.39, 0.29) is 12.1 Å². The van der Waals surface area contributed by atoms with Crippen LogP contribution >= 0.6 is 0 Å². The van der Waals surface area contributed by atoms with Gasteiger partial charge in [0, 0.05) is 31.0 Å². The van der Waals surface area contributed by atoms with E-state index in [0.29, 0.717) is 12.1 Å². The lowest BCUT2D eigenvalue weighted by atomic mass is 10.0. The third-order valence-electron chi connectivity index (χ3n) is 4.55. The fourth-order valence-corrected chi connectivity index (χ4v) is 3.39. The van der Waals surface area contributed by atoms with Crippen molar-refractivity contribution in [2.24, 2.45) is 0 Å². The number of nitrogens with zero attached hydrogens (tertiary/aromatic N) is 1. The number of hydrogen-bond donors (Lipinski definition) is 0. The Bertz CT molecular complexity index is 483. The molecule has 3 rings (SSSR count). The van der Waals surface area contributed by atoms with E-state index in [4.69, 9.17) is 4.74 Å². The number of benzene rings is 1. The first-order chi connectivity index (χ1) is 9.72. The lowest BCUT2D eigenvalue weighted by molar-refractivity contribution is -0.146. The molecule has 1 aromatic rings. The number of fused-ring (bicyclic) bond motifs is 2. The van der Waals surface area contributed by atoms with Gasteiger partial charge in [0.2, 0.25) is 0 Å². The maximum Gasteiger partial charge on any atom is 0.331 e. The van der Waals surface area contributed by atoms with Crippen molar-refractivity contribution in [3.63, 3.8) is 0 Å². The van der Waals surface area contributed by atoms with Crippen molar-refractivity contribution in [1.29, 1.82) is 0 Å². The highest BCUT2D eigenvalue weighted by Gasteiger charge is 2.39. The van der Waals surface area contributed by atoms with Crippen LogP contribution in [-0.4, -0.2) is 36.1 Å². The highest BCUT2D eigenvalue weighted by atomic mass is 16.5. The van der Waals surface area contributed by atoms with Gasteiger partial charge in [0.25, 0.3) is 0 Å². The van der Waals surface area contributed by atoms with Crippen molar-refractivity contribution in [2.45, 2.75) is 43.9 Å². The van der Waals surface area contributed by atoms with Crippen molar-refractivity contribution in [3.8, 4) is 0 Å². The Hall–Kier alpha value is -1.61. The molecular formula is C17H21NO2. The first kappa shape index (κ1) is 13.4. The van der Waals surface area contributed by atoms with E-state index in [9.17, 15) is 4.79 Å². The molecular weight excluding hydrogens is 250 g/mol. The minimum Gasteiger partial charge on any atom is -0.459 e. The number of ether oxygens (including phenoxy) is 1. The predicted octanol–water partition coefficient (Wildman–Crippen LogP) is 2.87. The average molecular weight is 271 g/mol. The minimum atomic E-state index is -0.220. The highest BCUT2D eigenvalue weighted by molar-refractivity contribution is 5.87. The standard InChI is InChI=1S/C17H21NO2/c1-18-14-8-9-15(18)12-16(11-14)20-17(19)10-7-13-5-3-2-4-6-13/h2-7,10,14-16H,8-9,11-12H2,1H3/b10-7-/t14-,15+,16?. The van der Waals surface area contributed by atoms with Crippen LogP contribution in [0, 0.1) is 0 Å². The van der Waals surface area contributed by atoms with Crippen LogP contribution in [0.3, 0.4) is 0 Å². The zero-order valence-electron chi connectivity index (χ0n) is 11.9. The summed E-state index contributed by atoms with van der Waals surface area (Å²) in [6.07, 6.45) is 7.90. The smallest absolute Gasteiger partial charge is 0.331 e. The largest absolute Gasteiger partial charge is 0.459 e. The maximum absolute atomic E-state index is 11.9. The number of carbonyl (C=O) groups is 1. The molecule has 0 radical (unpaired) electrons. The second-order valence-corrected chi connectivity index (χ2v) is 5.82. The Morgan fingerprint density at radius 2 is 1.85 bits per heavy atom. The van der Waals surface area contributed by atoms with Crippen LogP contribution < -0.4 is 0 Å². The summed E-state index contributed by atoms with van der Waals surface area (Å²) in [4.78, 5) is 14.3. The maximum atomic E-state index is 11.9. The zero-order valence-corrected chi connectivity index (χ0v) is 11.9. The molecule has 3 nitrogen and oxygen atoms in total. The zero-order chi connectivity index (χ0) is 13.9. The highest BCUT2D eigenvalue weighted by Crippen LogP contribution is 2.35. The van der Waals surface area contributed by atoms with Crippen molar-refractivity contribution < 1.29 is 9.53 Å². The first-order valence-electron chi connectivity index (χ1n) is 7.38. The topological polar surface area (TPSA) is 29.5 Å². The van der Waals surface area contributed by atoms with Gasteiger partial charge in [-0.05, 0) is 31.5 Å².